The van der Waals surface area contributed by atoms with E-state index in [1.165, 1.54) is 19.4 Å². The molecule has 0 aliphatic carbocycles. The van der Waals surface area contributed by atoms with Crippen LogP contribution in [0.2, 0.25) is 0 Å². The molecule has 12 heavy (non-hydrogen) atoms. The minimum Gasteiger partial charge on any atom is -0.378 e. The van der Waals surface area contributed by atoms with Gasteiger partial charge in [0.15, 0.2) is 0 Å². The summed E-state index contributed by atoms with van der Waals surface area (Å²) in [7, 11) is 2.22. The number of hydrogen-bond acceptors (Lipinski definition) is 3. The first-order valence-electron chi connectivity index (χ1n) is 4.83. The van der Waals surface area contributed by atoms with Gasteiger partial charge in [0.05, 0.1) is 18.8 Å². The summed E-state index contributed by atoms with van der Waals surface area (Å²) in [5.41, 5.74) is 0.316. The Hall–Kier alpha value is -0.120. The number of morpholine rings is 1. The van der Waals surface area contributed by atoms with Crippen molar-refractivity contribution in [2.45, 2.75) is 18.4 Å². The van der Waals surface area contributed by atoms with Gasteiger partial charge in [0.2, 0.25) is 0 Å². The van der Waals surface area contributed by atoms with E-state index < -0.39 is 0 Å². The van der Waals surface area contributed by atoms with Crippen LogP contribution in [0.5, 0.6) is 0 Å². The van der Waals surface area contributed by atoms with Crippen molar-refractivity contribution in [2.24, 2.45) is 0 Å². The van der Waals surface area contributed by atoms with Gasteiger partial charge in [0.1, 0.15) is 0 Å². The van der Waals surface area contributed by atoms with Crippen LogP contribution >= 0.6 is 0 Å². The Morgan fingerprint density at radius 1 is 1.50 bits per heavy atom. The molecule has 2 aliphatic heterocycles. The smallest absolute Gasteiger partial charge is 0.0663 e. The van der Waals surface area contributed by atoms with Crippen molar-refractivity contribution in [3.63, 3.8) is 0 Å². The first-order chi connectivity index (χ1) is 5.83. The fourth-order valence-electron chi connectivity index (χ4n) is 2.21. The Kier molecular flexibility index (Phi) is 2.35. The topological polar surface area (TPSA) is 24.5 Å². The highest BCUT2D eigenvalue weighted by Gasteiger charge is 2.38. The van der Waals surface area contributed by atoms with Crippen molar-refractivity contribution >= 4 is 0 Å². The van der Waals surface area contributed by atoms with E-state index >= 15 is 0 Å². The largest absolute Gasteiger partial charge is 0.378 e. The molecule has 0 aromatic heterocycles. The molecule has 2 saturated heterocycles. The molecule has 1 atom stereocenters. The number of nitrogens with zero attached hydrogens (tertiary/aromatic N) is 1. The second-order valence-corrected chi connectivity index (χ2v) is 3.98. The maximum Gasteiger partial charge on any atom is 0.0663 e. The molecule has 2 aliphatic rings. The number of piperidine rings is 1. The van der Waals surface area contributed by atoms with Crippen LogP contribution in [0, 0.1) is 0 Å². The molecule has 1 spiro atoms. The summed E-state index contributed by atoms with van der Waals surface area (Å²) in [4.78, 5) is 2.46. The van der Waals surface area contributed by atoms with E-state index in [4.69, 9.17) is 4.74 Å². The van der Waals surface area contributed by atoms with Crippen molar-refractivity contribution < 1.29 is 4.74 Å². The van der Waals surface area contributed by atoms with Crippen LogP contribution < -0.4 is 5.32 Å². The first-order valence-corrected chi connectivity index (χ1v) is 4.83. The maximum atomic E-state index is 5.55. The summed E-state index contributed by atoms with van der Waals surface area (Å²) in [6.45, 7) is 5.18. The number of likely N-dealkylation sites (N-methyl/N-ethyl adjacent to an activating group) is 1. The lowest BCUT2D eigenvalue weighted by atomic mass is 9.88. The zero-order valence-electron chi connectivity index (χ0n) is 7.81. The normalized spacial score (nSPS) is 38.8. The van der Waals surface area contributed by atoms with Gasteiger partial charge >= 0.3 is 0 Å². The van der Waals surface area contributed by atoms with Crippen molar-refractivity contribution in [3.8, 4) is 0 Å². The van der Waals surface area contributed by atoms with Gasteiger partial charge in [0.25, 0.3) is 0 Å². The number of hydrogen-bond donors (Lipinski definition) is 1. The fraction of sp³-hybridized carbons (Fsp3) is 1.00. The Bertz CT molecular complexity index is 146. The molecule has 0 aromatic carbocycles. The van der Waals surface area contributed by atoms with Crippen LogP contribution in [0.3, 0.4) is 0 Å². The van der Waals surface area contributed by atoms with Crippen LogP contribution in [0.25, 0.3) is 0 Å². The highest BCUT2D eigenvalue weighted by molar-refractivity contribution is 4.95. The molecule has 3 heteroatoms. The van der Waals surface area contributed by atoms with E-state index in [2.05, 4.69) is 17.3 Å². The lowest BCUT2D eigenvalue weighted by Crippen LogP contribution is -2.62. The quantitative estimate of drug-likeness (QED) is 0.557. The van der Waals surface area contributed by atoms with Crippen molar-refractivity contribution in [3.05, 3.63) is 0 Å². The van der Waals surface area contributed by atoms with Gasteiger partial charge in [-0.15, -0.1) is 0 Å². The summed E-state index contributed by atoms with van der Waals surface area (Å²) >= 11 is 0. The highest BCUT2D eigenvalue weighted by Crippen LogP contribution is 2.25. The SMILES string of the molecule is CN1CCOCC12CCCNC2. The van der Waals surface area contributed by atoms with Crippen LogP contribution in [0.1, 0.15) is 12.8 Å². The molecule has 2 heterocycles. The number of ether oxygens (including phenoxy) is 1. The van der Waals surface area contributed by atoms with Gasteiger partial charge in [-0.2, -0.15) is 0 Å². The monoisotopic (exact) mass is 170 g/mol. The second-order valence-electron chi connectivity index (χ2n) is 3.98. The van der Waals surface area contributed by atoms with E-state index in [1.807, 2.05) is 0 Å². The predicted octanol–water partition coefficient (Wildman–Crippen LogP) is 0.0706. The molecular weight excluding hydrogens is 152 g/mol. The third-order valence-corrected chi connectivity index (χ3v) is 3.20. The molecule has 0 amide bonds. The number of rotatable bonds is 0. The van der Waals surface area contributed by atoms with Gasteiger partial charge < -0.3 is 10.1 Å². The molecule has 2 rings (SSSR count). The summed E-state index contributed by atoms with van der Waals surface area (Å²) in [6, 6.07) is 0. The lowest BCUT2D eigenvalue weighted by Gasteiger charge is -2.47. The molecule has 1 N–H and O–H groups in total. The van der Waals surface area contributed by atoms with Crippen LogP contribution in [-0.2, 0) is 4.74 Å². The van der Waals surface area contributed by atoms with E-state index in [1.54, 1.807) is 0 Å². The molecular formula is C9H18N2O. The average Bonchev–Trinajstić information content (AvgIpc) is 2.12. The highest BCUT2D eigenvalue weighted by atomic mass is 16.5. The molecule has 2 fully saturated rings. The molecule has 0 radical (unpaired) electrons. The summed E-state index contributed by atoms with van der Waals surface area (Å²) < 4.78 is 5.55. The van der Waals surface area contributed by atoms with E-state index in [0.29, 0.717) is 5.54 Å². The van der Waals surface area contributed by atoms with E-state index in [-0.39, 0.29) is 0 Å². The minimum atomic E-state index is 0.316. The molecule has 70 valence electrons. The zero-order chi connectivity index (χ0) is 8.44. The third-order valence-electron chi connectivity index (χ3n) is 3.20. The van der Waals surface area contributed by atoms with E-state index in [9.17, 15) is 0 Å². The second kappa shape index (κ2) is 3.32. The average molecular weight is 170 g/mol. The number of nitrogens with one attached hydrogen (secondary N) is 1. The standard InChI is InChI=1S/C9H18N2O/c1-11-5-6-12-8-9(11)3-2-4-10-7-9/h10H,2-8H2,1H3. The molecule has 0 bridgehead atoms. The maximum absolute atomic E-state index is 5.55. The van der Waals surface area contributed by atoms with Crippen LogP contribution in [-0.4, -0.2) is 50.3 Å². The zero-order valence-corrected chi connectivity index (χ0v) is 7.81. The van der Waals surface area contributed by atoms with Gasteiger partial charge in [-0.25, -0.2) is 0 Å². The molecule has 0 saturated carbocycles. The third kappa shape index (κ3) is 1.37. The van der Waals surface area contributed by atoms with Crippen molar-refractivity contribution in [1.29, 1.82) is 0 Å². The molecule has 1 unspecified atom stereocenters. The first kappa shape index (κ1) is 8.48. The Morgan fingerprint density at radius 3 is 3.08 bits per heavy atom. The summed E-state index contributed by atoms with van der Waals surface area (Å²) in [6.07, 6.45) is 2.57. The van der Waals surface area contributed by atoms with Crippen LogP contribution in [0.4, 0.5) is 0 Å². The Labute approximate surface area is 74.1 Å². The van der Waals surface area contributed by atoms with E-state index in [0.717, 1.165) is 26.3 Å². The predicted molar refractivity (Wildman–Crippen MR) is 48.3 cm³/mol. The summed E-state index contributed by atoms with van der Waals surface area (Å²) in [5, 5.41) is 3.45. The minimum absolute atomic E-state index is 0.316. The van der Waals surface area contributed by atoms with Gasteiger partial charge in [-0.1, -0.05) is 0 Å². The van der Waals surface area contributed by atoms with Crippen molar-refractivity contribution in [2.75, 3.05) is 39.9 Å². The van der Waals surface area contributed by atoms with Gasteiger partial charge in [-0.05, 0) is 26.4 Å². The van der Waals surface area contributed by atoms with Gasteiger partial charge in [0, 0.05) is 13.1 Å². The Morgan fingerprint density at radius 2 is 2.42 bits per heavy atom. The van der Waals surface area contributed by atoms with Crippen molar-refractivity contribution in [1.82, 2.24) is 10.2 Å². The summed E-state index contributed by atoms with van der Waals surface area (Å²) in [5.74, 6) is 0. The fourth-order valence-corrected chi connectivity index (χ4v) is 2.21. The van der Waals surface area contributed by atoms with Gasteiger partial charge in [-0.3, -0.25) is 4.90 Å². The molecule has 0 aromatic rings. The molecule has 3 nitrogen and oxygen atoms in total. The van der Waals surface area contributed by atoms with Crippen LogP contribution in [0.15, 0.2) is 0 Å². The lowest BCUT2D eigenvalue weighted by molar-refractivity contribution is -0.0657. The Balaban J connectivity index is 2.04.